The molecule has 0 aromatic carbocycles. The maximum atomic E-state index is 9.68. The van der Waals surface area contributed by atoms with Crippen molar-refractivity contribution in [3.05, 3.63) is 0 Å². The van der Waals surface area contributed by atoms with Crippen molar-refractivity contribution in [3.8, 4) is 0 Å². The normalized spacial score (nSPS) is 49.7. The van der Waals surface area contributed by atoms with E-state index in [1.807, 2.05) is 0 Å². The van der Waals surface area contributed by atoms with Crippen LogP contribution in [-0.2, 0) is 14.5 Å². The van der Waals surface area contributed by atoms with E-state index < -0.39 is 11.9 Å². The molecule has 0 aromatic rings. The van der Waals surface area contributed by atoms with Gasteiger partial charge >= 0.3 is 0 Å². The number of hydrogen-bond acceptors (Lipinski definition) is 4. The molecular formula is C15H26O4. The van der Waals surface area contributed by atoms with Gasteiger partial charge in [0.2, 0.25) is 5.79 Å². The number of hydrogen-bond donors (Lipinski definition) is 1. The Morgan fingerprint density at radius 3 is 2.37 bits per heavy atom. The number of fused-ring (bicyclic) bond motifs is 2. The first-order valence-electron chi connectivity index (χ1n) is 7.49. The van der Waals surface area contributed by atoms with E-state index in [2.05, 4.69) is 20.8 Å². The quantitative estimate of drug-likeness (QED) is 0.784. The number of aliphatic hydroxyl groups excluding tert-OH is 1. The molecule has 3 heterocycles. The third kappa shape index (κ3) is 1.73. The molecule has 110 valence electrons. The first-order valence-corrected chi connectivity index (χ1v) is 7.49. The zero-order chi connectivity index (χ0) is 13.9. The highest BCUT2D eigenvalue weighted by atomic mass is 17.3. The highest BCUT2D eigenvalue weighted by molar-refractivity contribution is 5.15. The predicted octanol–water partition coefficient (Wildman–Crippen LogP) is 2.93. The van der Waals surface area contributed by atoms with Crippen LogP contribution in [0.5, 0.6) is 0 Å². The Bertz CT molecular complexity index is 368. The molecule has 4 fully saturated rings. The van der Waals surface area contributed by atoms with Crippen molar-refractivity contribution in [2.45, 2.75) is 89.3 Å². The van der Waals surface area contributed by atoms with Gasteiger partial charge in [0.1, 0.15) is 11.2 Å². The Hall–Kier alpha value is -0.160. The van der Waals surface area contributed by atoms with Crippen LogP contribution >= 0.6 is 0 Å². The molecule has 4 aliphatic rings. The minimum absolute atomic E-state index is 0.0530. The maximum Gasteiger partial charge on any atom is 0.204 e. The number of rotatable bonds is 2. The van der Waals surface area contributed by atoms with Gasteiger partial charge in [-0.3, -0.25) is 0 Å². The Balaban J connectivity index is 1.95. The average Bonchev–Trinajstić information content (AvgIpc) is 2.26. The van der Waals surface area contributed by atoms with Gasteiger partial charge < -0.3 is 9.84 Å². The molecule has 1 N–H and O–H groups in total. The fraction of sp³-hybridized carbons (Fsp3) is 1.00. The number of aliphatic hydroxyl groups is 1. The van der Waals surface area contributed by atoms with E-state index in [-0.39, 0.29) is 16.6 Å². The molecule has 19 heavy (non-hydrogen) atoms. The fourth-order valence-corrected chi connectivity index (χ4v) is 4.63. The van der Waals surface area contributed by atoms with Gasteiger partial charge in [-0.15, -0.1) is 0 Å². The van der Waals surface area contributed by atoms with Gasteiger partial charge in [0.25, 0.3) is 0 Å². The monoisotopic (exact) mass is 270 g/mol. The van der Waals surface area contributed by atoms with Gasteiger partial charge in [0.05, 0.1) is 6.10 Å². The van der Waals surface area contributed by atoms with Crippen LogP contribution in [0, 0.1) is 5.41 Å². The molecule has 0 amide bonds. The molecule has 0 unspecified atom stereocenters. The summed E-state index contributed by atoms with van der Waals surface area (Å²) in [4.78, 5) is 11.6. The third-order valence-corrected chi connectivity index (χ3v) is 5.61. The topological polar surface area (TPSA) is 47.9 Å². The minimum Gasteiger partial charge on any atom is -0.393 e. The van der Waals surface area contributed by atoms with Crippen LogP contribution in [0.4, 0.5) is 0 Å². The second-order valence-corrected chi connectivity index (χ2v) is 7.53. The van der Waals surface area contributed by atoms with E-state index >= 15 is 0 Å². The summed E-state index contributed by atoms with van der Waals surface area (Å²) < 4.78 is 6.39. The van der Waals surface area contributed by atoms with Crippen LogP contribution in [0.1, 0.15) is 66.2 Å². The third-order valence-electron chi connectivity index (χ3n) is 5.61. The van der Waals surface area contributed by atoms with Crippen molar-refractivity contribution in [1.82, 2.24) is 0 Å². The van der Waals surface area contributed by atoms with Crippen molar-refractivity contribution in [3.63, 3.8) is 0 Å². The van der Waals surface area contributed by atoms with E-state index in [1.54, 1.807) is 6.92 Å². The molecule has 3 saturated heterocycles. The largest absolute Gasteiger partial charge is 0.393 e. The van der Waals surface area contributed by atoms with Crippen LogP contribution in [0.2, 0.25) is 0 Å². The van der Waals surface area contributed by atoms with Crippen molar-refractivity contribution >= 4 is 0 Å². The van der Waals surface area contributed by atoms with E-state index in [1.165, 1.54) is 0 Å². The first kappa shape index (κ1) is 13.8. The summed E-state index contributed by atoms with van der Waals surface area (Å²) in [6, 6.07) is 0. The summed E-state index contributed by atoms with van der Waals surface area (Å²) in [6.45, 7) is 8.44. The number of ether oxygens (including phenoxy) is 1. The average molecular weight is 270 g/mol. The summed E-state index contributed by atoms with van der Waals surface area (Å²) in [7, 11) is 0. The van der Waals surface area contributed by atoms with Gasteiger partial charge in [-0.25, -0.2) is 9.78 Å². The van der Waals surface area contributed by atoms with E-state index in [4.69, 9.17) is 14.5 Å². The van der Waals surface area contributed by atoms with E-state index in [9.17, 15) is 5.11 Å². The van der Waals surface area contributed by atoms with Crippen molar-refractivity contribution in [1.29, 1.82) is 0 Å². The molecule has 0 aromatic heterocycles. The lowest BCUT2D eigenvalue weighted by molar-refractivity contribution is -0.593. The molecule has 2 bridgehead atoms. The molecular weight excluding hydrogens is 244 g/mol. The Morgan fingerprint density at radius 2 is 1.79 bits per heavy atom. The van der Waals surface area contributed by atoms with Crippen LogP contribution in [0.3, 0.4) is 0 Å². The standard InChI is InChI=1S/C15H26O4/c1-11(16)10-14-8-9-15(19-18-14)12(2,3)6-5-7-13(15,4)17-14/h11,16H,5-10H2,1-4H3/t11-,13-,14-,15+/m1/s1. The molecule has 4 heteroatoms. The summed E-state index contributed by atoms with van der Waals surface area (Å²) in [5.41, 5.74) is -0.601. The molecule has 1 spiro atoms. The zero-order valence-corrected chi connectivity index (χ0v) is 12.5. The van der Waals surface area contributed by atoms with Crippen LogP contribution in [0.25, 0.3) is 0 Å². The Labute approximate surface area is 115 Å². The van der Waals surface area contributed by atoms with Crippen molar-refractivity contribution in [2.75, 3.05) is 0 Å². The molecule has 1 aliphatic carbocycles. The summed E-state index contributed by atoms with van der Waals surface area (Å²) >= 11 is 0. The van der Waals surface area contributed by atoms with Gasteiger partial charge in [0, 0.05) is 12.8 Å². The SMILES string of the molecule is C[C@@H](O)C[C@@]12CC[C@]3(OO1)C(C)(C)CCC[C@@]3(C)O2. The molecule has 1 saturated carbocycles. The Morgan fingerprint density at radius 1 is 1.05 bits per heavy atom. The smallest absolute Gasteiger partial charge is 0.204 e. The lowest BCUT2D eigenvalue weighted by Gasteiger charge is -2.67. The molecule has 4 atom stereocenters. The highest BCUT2D eigenvalue weighted by Crippen LogP contribution is 2.63. The van der Waals surface area contributed by atoms with Gasteiger partial charge in [-0.2, -0.15) is 0 Å². The summed E-state index contributed by atoms with van der Waals surface area (Å²) in [5.74, 6) is -0.752. The molecule has 0 radical (unpaired) electrons. The Kier molecular flexibility index (Phi) is 2.86. The van der Waals surface area contributed by atoms with E-state index in [0.29, 0.717) is 6.42 Å². The summed E-state index contributed by atoms with van der Waals surface area (Å²) in [5, 5.41) is 9.68. The van der Waals surface area contributed by atoms with Gasteiger partial charge in [0.15, 0.2) is 0 Å². The van der Waals surface area contributed by atoms with Gasteiger partial charge in [-0.1, -0.05) is 13.8 Å². The highest BCUT2D eigenvalue weighted by Gasteiger charge is 2.71. The lowest BCUT2D eigenvalue weighted by atomic mass is 9.55. The zero-order valence-electron chi connectivity index (χ0n) is 12.5. The summed E-state index contributed by atoms with van der Waals surface area (Å²) in [6.07, 6.45) is 5.06. The van der Waals surface area contributed by atoms with Crippen LogP contribution in [-0.4, -0.2) is 28.2 Å². The maximum absolute atomic E-state index is 9.68. The first-order chi connectivity index (χ1) is 8.74. The van der Waals surface area contributed by atoms with Crippen LogP contribution in [0.15, 0.2) is 0 Å². The fourth-order valence-electron chi connectivity index (χ4n) is 4.63. The van der Waals surface area contributed by atoms with Crippen molar-refractivity contribution < 1.29 is 19.6 Å². The van der Waals surface area contributed by atoms with Crippen LogP contribution < -0.4 is 0 Å². The molecule has 4 rings (SSSR count). The molecule has 4 nitrogen and oxygen atoms in total. The van der Waals surface area contributed by atoms with E-state index in [0.717, 1.165) is 32.1 Å². The lowest BCUT2D eigenvalue weighted by Crippen LogP contribution is -2.75. The predicted molar refractivity (Wildman–Crippen MR) is 70.3 cm³/mol. The van der Waals surface area contributed by atoms with Crippen molar-refractivity contribution in [2.24, 2.45) is 5.41 Å². The minimum atomic E-state index is -0.752. The molecule has 3 aliphatic heterocycles. The second-order valence-electron chi connectivity index (χ2n) is 7.53. The second kappa shape index (κ2) is 3.94. The van der Waals surface area contributed by atoms with Gasteiger partial charge in [-0.05, 0) is 44.9 Å².